The molecule has 1 N–H and O–H groups in total. The van der Waals surface area contributed by atoms with Crippen molar-refractivity contribution in [1.29, 1.82) is 0 Å². The third-order valence-electron chi connectivity index (χ3n) is 6.61. The van der Waals surface area contributed by atoms with E-state index in [0.717, 1.165) is 48.6 Å². The predicted molar refractivity (Wildman–Crippen MR) is 123 cm³/mol. The van der Waals surface area contributed by atoms with Crippen LogP contribution in [0.2, 0.25) is 5.02 Å². The van der Waals surface area contributed by atoms with E-state index in [1.165, 1.54) is 0 Å². The normalized spacial score (nSPS) is 19.4. The van der Waals surface area contributed by atoms with E-state index >= 15 is 0 Å². The number of ether oxygens (including phenoxy) is 1. The van der Waals surface area contributed by atoms with Gasteiger partial charge in [-0.3, -0.25) is 4.79 Å². The lowest BCUT2D eigenvalue weighted by atomic mass is 9.73. The number of nitrogens with zero attached hydrogens (tertiary/aromatic N) is 3. The Bertz CT molecular complexity index is 1030. The van der Waals surface area contributed by atoms with Gasteiger partial charge in [0, 0.05) is 44.4 Å². The third-order valence-corrected chi connectivity index (χ3v) is 6.86. The first kappa shape index (κ1) is 20.3. The van der Waals surface area contributed by atoms with E-state index < -0.39 is 5.41 Å². The van der Waals surface area contributed by atoms with Crippen LogP contribution in [0.3, 0.4) is 0 Å². The summed E-state index contributed by atoms with van der Waals surface area (Å²) in [6.07, 6.45) is 2.32. The molecule has 0 radical (unpaired) electrons. The summed E-state index contributed by atoms with van der Waals surface area (Å²) in [5, 5.41) is 0.689. The van der Waals surface area contributed by atoms with E-state index in [-0.39, 0.29) is 5.91 Å². The van der Waals surface area contributed by atoms with Crippen molar-refractivity contribution in [1.82, 2.24) is 14.9 Å². The van der Waals surface area contributed by atoms with Crippen molar-refractivity contribution in [2.24, 2.45) is 0 Å². The summed E-state index contributed by atoms with van der Waals surface area (Å²) >= 11 is 6.11. The van der Waals surface area contributed by atoms with Gasteiger partial charge in [0.05, 0.1) is 16.4 Å². The Labute approximate surface area is 187 Å². The number of nitrogens with one attached hydrogen (secondary N) is 1. The van der Waals surface area contributed by atoms with Gasteiger partial charge in [-0.2, -0.15) is 0 Å². The molecule has 2 aliphatic heterocycles. The highest BCUT2D eigenvalue weighted by Crippen LogP contribution is 2.37. The lowest BCUT2D eigenvalue weighted by Crippen LogP contribution is -2.50. The molecule has 1 aromatic heterocycles. The number of aromatic nitrogens is 2. The Morgan fingerprint density at radius 1 is 1.00 bits per heavy atom. The van der Waals surface area contributed by atoms with Crippen LogP contribution in [0.15, 0.2) is 48.5 Å². The molecule has 2 fully saturated rings. The molecule has 3 aromatic rings. The van der Waals surface area contributed by atoms with Gasteiger partial charge in [-0.15, -0.1) is 0 Å². The number of fused-ring (bicyclic) bond motifs is 1. The Morgan fingerprint density at radius 2 is 1.77 bits per heavy atom. The lowest BCUT2D eigenvalue weighted by molar-refractivity contribution is -0.141. The van der Waals surface area contributed by atoms with Gasteiger partial charge in [-0.05, 0) is 49.1 Å². The van der Waals surface area contributed by atoms with Gasteiger partial charge in [0.1, 0.15) is 0 Å². The first-order valence-corrected chi connectivity index (χ1v) is 11.4. The molecule has 2 aliphatic rings. The average molecular weight is 439 g/mol. The summed E-state index contributed by atoms with van der Waals surface area (Å²) in [7, 11) is 0. The van der Waals surface area contributed by atoms with Crippen LogP contribution in [0.1, 0.15) is 24.8 Å². The number of rotatable bonds is 3. The minimum atomic E-state index is -0.530. The van der Waals surface area contributed by atoms with Gasteiger partial charge in [0.25, 0.3) is 0 Å². The van der Waals surface area contributed by atoms with Gasteiger partial charge < -0.3 is 19.5 Å². The number of H-pyrrole nitrogens is 1. The highest BCUT2D eigenvalue weighted by Gasteiger charge is 2.44. The van der Waals surface area contributed by atoms with E-state index in [0.29, 0.717) is 37.6 Å². The monoisotopic (exact) mass is 438 g/mol. The van der Waals surface area contributed by atoms with E-state index in [9.17, 15) is 4.79 Å². The number of carbonyl (C=O) groups excluding carboxylic acids is 1. The maximum Gasteiger partial charge on any atom is 0.233 e. The molecule has 2 aromatic carbocycles. The van der Waals surface area contributed by atoms with Crippen molar-refractivity contribution >= 4 is 34.5 Å². The quantitative estimate of drug-likeness (QED) is 0.671. The van der Waals surface area contributed by atoms with E-state index in [1.807, 2.05) is 53.4 Å². The van der Waals surface area contributed by atoms with Crippen molar-refractivity contribution < 1.29 is 9.53 Å². The summed E-state index contributed by atoms with van der Waals surface area (Å²) in [6, 6.07) is 15.8. The Balaban J connectivity index is 1.36. The average Bonchev–Trinajstić information content (AvgIpc) is 3.09. The SMILES string of the molecule is O=C(N1CCCN(c2nc3ccccc3[nH]2)CC1)C1(c2ccc(Cl)cc2)CCOCC1. The zero-order valence-electron chi connectivity index (χ0n) is 17.5. The zero-order valence-corrected chi connectivity index (χ0v) is 18.3. The number of halogens is 1. The van der Waals surface area contributed by atoms with Crippen molar-refractivity contribution in [3.8, 4) is 0 Å². The number of hydrogen-bond acceptors (Lipinski definition) is 4. The number of anilines is 1. The van der Waals surface area contributed by atoms with E-state index in [2.05, 4.69) is 9.88 Å². The summed E-state index contributed by atoms with van der Waals surface area (Å²) in [4.78, 5) is 26.4. The van der Waals surface area contributed by atoms with Crippen LogP contribution in [-0.4, -0.2) is 60.2 Å². The molecule has 0 unspecified atom stereocenters. The van der Waals surface area contributed by atoms with Crippen molar-refractivity contribution in [3.05, 3.63) is 59.1 Å². The molecular formula is C24H27ClN4O2. The Hall–Kier alpha value is -2.57. The third kappa shape index (κ3) is 3.90. The summed E-state index contributed by atoms with van der Waals surface area (Å²) in [5.41, 5.74) is 2.53. The molecule has 7 heteroatoms. The van der Waals surface area contributed by atoms with Crippen LogP contribution < -0.4 is 4.90 Å². The second-order valence-electron chi connectivity index (χ2n) is 8.41. The largest absolute Gasteiger partial charge is 0.381 e. The number of carbonyl (C=O) groups is 1. The molecule has 0 bridgehead atoms. The molecule has 3 heterocycles. The molecule has 0 spiro atoms. The number of amides is 1. The minimum Gasteiger partial charge on any atom is -0.381 e. The maximum absolute atomic E-state index is 13.9. The molecular weight excluding hydrogens is 412 g/mol. The number of imidazole rings is 1. The first-order chi connectivity index (χ1) is 15.2. The fourth-order valence-electron chi connectivity index (χ4n) is 4.84. The standard InChI is InChI=1S/C24H27ClN4O2/c25-19-8-6-18(7-9-19)24(10-16-31-17-11-24)22(30)28-12-3-13-29(15-14-28)23-26-20-4-1-2-5-21(20)27-23/h1-2,4-9H,3,10-17H2,(H,26,27). The molecule has 31 heavy (non-hydrogen) atoms. The van der Waals surface area contributed by atoms with Crippen molar-refractivity contribution in [2.45, 2.75) is 24.7 Å². The van der Waals surface area contributed by atoms with Gasteiger partial charge in [0.2, 0.25) is 11.9 Å². The second kappa shape index (κ2) is 8.52. The Morgan fingerprint density at radius 3 is 2.55 bits per heavy atom. The summed E-state index contributed by atoms with van der Waals surface area (Å²) in [5.74, 6) is 1.10. The molecule has 5 rings (SSSR count). The summed E-state index contributed by atoms with van der Waals surface area (Å²) in [6.45, 7) is 4.29. The molecule has 0 saturated carbocycles. The predicted octanol–water partition coefficient (Wildman–Crippen LogP) is 4.00. The van der Waals surface area contributed by atoms with Gasteiger partial charge in [-0.1, -0.05) is 35.9 Å². The summed E-state index contributed by atoms with van der Waals surface area (Å²) < 4.78 is 5.62. The van der Waals surface area contributed by atoms with Gasteiger partial charge in [0.15, 0.2) is 0 Å². The fourth-order valence-corrected chi connectivity index (χ4v) is 4.96. The smallest absolute Gasteiger partial charge is 0.233 e. The van der Waals surface area contributed by atoms with Crippen LogP contribution >= 0.6 is 11.6 Å². The van der Waals surface area contributed by atoms with Gasteiger partial charge >= 0.3 is 0 Å². The van der Waals surface area contributed by atoms with Gasteiger partial charge in [-0.25, -0.2) is 4.98 Å². The zero-order chi connectivity index (χ0) is 21.3. The maximum atomic E-state index is 13.9. The molecule has 2 saturated heterocycles. The lowest BCUT2D eigenvalue weighted by Gasteiger charge is -2.40. The minimum absolute atomic E-state index is 0.213. The molecule has 0 atom stereocenters. The Kier molecular flexibility index (Phi) is 5.59. The van der Waals surface area contributed by atoms with Crippen LogP contribution in [-0.2, 0) is 14.9 Å². The number of para-hydroxylation sites is 2. The number of aromatic amines is 1. The second-order valence-corrected chi connectivity index (χ2v) is 8.85. The molecule has 1 amide bonds. The van der Waals surface area contributed by atoms with Crippen LogP contribution in [0, 0.1) is 0 Å². The topological polar surface area (TPSA) is 61.5 Å². The highest BCUT2D eigenvalue weighted by molar-refractivity contribution is 6.30. The van der Waals surface area contributed by atoms with Crippen molar-refractivity contribution in [2.75, 3.05) is 44.3 Å². The number of hydrogen-bond donors (Lipinski definition) is 1. The highest BCUT2D eigenvalue weighted by atomic mass is 35.5. The molecule has 6 nitrogen and oxygen atoms in total. The van der Waals surface area contributed by atoms with E-state index in [4.69, 9.17) is 21.3 Å². The molecule has 162 valence electrons. The molecule has 0 aliphatic carbocycles. The first-order valence-electron chi connectivity index (χ1n) is 11.0. The van der Waals surface area contributed by atoms with Crippen molar-refractivity contribution in [3.63, 3.8) is 0 Å². The number of benzene rings is 2. The fraction of sp³-hybridized carbons (Fsp3) is 0.417. The van der Waals surface area contributed by atoms with Crippen LogP contribution in [0.5, 0.6) is 0 Å². The van der Waals surface area contributed by atoms with E-state index in [1.54, 1.807) is 0 Å². The van der Waals surface area contributed by atoms with Crippen LogP contribution in [0.25, 0.3) is 11.0 Å². The van der Waals surface area contributed by atoms with Crippen LogP contribution in [0.4, 0.5) is 5.95 Å².